The molecule has 1 fully saturated rings. The van der Waals surface area contributed by atoms with Crippen molar-refractivity contribution in [1.29, 1.82) is 0 Å². The Labute approximate surface area is 234 Å². The lowest BCUT2D eigenvalue weighted by Crippen LogP contribution is -2.54. The second-order valence-corrected chi connectivity index (χ2v) is 13.2. The van der Waals surface area contributed by atoms with E-state index in [1.54, 1.807) is 36.2 Å². The van der Waals surface area contributed by atoms with Gasteiger partial charge in [-0.05, 0) is 62.2 Å². The van der Waals surface area contributed by atoms with E-state index in [0.29, 0.717) is 59.2 Å². The Kier molecular flexibility index (Phi) is 9.64. The van der Waals surface area contributed by atoms with E-state index in [1.165, 1.54) is 10.6 Å². The second kappa shape index (κ2) is 11.8. The number of halogens is 4. The smallest absolute Gasteiger partial charge is 0.233 e. The molecule has 1 saturated heterocycles. The van der Waals surface area contributed by atoms with Crippen molar-refractivity contribution in [2.75, 3.05) is 39.5 Å². The van der Waals surface area contributed by atoms with Crippen molar-refractivity contribution in [2.24, 2.45) is 0 Å². The molecule has 1 heterocycles. The minimum atomic E-state index is -3.25. The Morgan fingerprint density at radius 3 is 2.19 bits per heavy atom. The van der Waals surface area contributed by atoms with Gasteiger partial charge in [-0.15, -0.1) is 0 Å². The topological polar surface area (TPSA) is 60.9 Å². The van der Waals surface area contributed by atoms with Crippen LogP contribution in [0.15, 0.2) is 36.4 Å². The number of carbonyl (C=O) groups excluding carboxylic acids is 1. The second-order valence-electron chi connectivity index (χ2n) is 9.64. The lowest BCUT2D eigenvalue weighted by Gasteiger charge is -2.40. The van der Waals surface area contributed by atoms with Gasteiger partial charge in [0.15, 0.2) is 0 Å². The largest absolute Gasteiger partial charge is 0.341 e. The summed E-state index contributed by atoms with van der Waals surface area (Å²) in [7, 11) is -1.50. The average Bonchev–Trinajstić information content (AvgIpc) is 2.80. The lowest BCUT2D eigenvalue weighted by molar-refractivity contribution is -0.136. The van der Waals surface area contributed by atoms with Gasteiger partial charge in [-0.1, -0.05) is 58.5 Å². The van der Waals surface area contributed by atoms with Crippen LogP contribution in [0, 0.1) is 0 Å². The van der Waals surface area contributed by atoms with Crippen LogP contribution in [-0.4, -0.2) is 74.0 Å². The van der Waals surface area contributed by atoms with Gasteiger partial charge >= 0.3 is 0 Å². The SMILES string of the molecule is C[C@@H]1CN(CCC(C)(C(=O)N(C)Cc2ccc(Cl)c(Cl)c2)c2ccc(Cl)c(Cl)c2)CCN1S(C)(=O)=O. The fraction of sp³-hybridized carbons (Fsp3) is 0.480. The first-order valence-corrected chi connectivity index (χ1v) is 14.9. The van der Waals surface area contributed by atoms with Gasteiger partial charge in [-0.25, -0.2) is 8.42 Å². The van der Waals surface area contributed by atoms with Crippen molar-refractivity contribution in [3.05, 3.63) is 67.6 Å². The lowest BCUT2D eigenvalue weighted by atomic mass is 9.77. The zero-order valence-electron chi connectivity index (χ0n) is 20.8. The van der Waals surface area contributed by atoms with E-state index < -0.39 is 15.4 Å². The van der Waals surface area contributed by atoms with E-state index in [2.05, 4.69) is 4.90 Å². The Bertz CT molecular complexity index is 1230. The monoisotopic (exact) mass is 593 g/mol. The maximum atomic E-state index is 13.9. The minimum absolute atomic E-state index is 0.0743. The summed E-state index contributed by atoms with van der Waals surface area (Å²) in [6.07, 6.45) is 1.75. The van der Waals surface area contributed by atoms with Crippen LogP contribution in [0.4, 0.5) is 0 Å². The standard InChI is InChI=1S/C25H31Cl4N3O3S/c1-17-15-31(11-12-32(17)36(4,34)35)10-9-25(2,19-6-8-21(27)23(29)14-19)24(33)30(3)16-18-5-7-20(26)22(28)13-18/h5-8,13-14,17H,9-12,15-16H2,1-4H3/t17-,25?/m1/s1. The summed E-state index contributed by atoms with van der Waals surface area (Å²) in [4.78, 5) is 17.8. The molecule has 0 radical (unpaired) electrons. The molecule has 3 rings (SSSR count). The fourth-order valence-electron chi connectivity index (χ4n) is 4.71. The Morgan fingerprint density at radius 1 is 1.03 bits per heavy atom. The normalized spacial score (nSPS) is 19.2. The third-order valence-corrected chi connectivity index (χ3v) is 9.66. The van der Waals surface area contributed by atoms with Gasteiger partial charge in [0.25, 0.3) is 0 Å². The molecule has 0 bridgehead atoms. The molecular formula is C25H31Cl4N3O3S. The molecule has 2 aromatic carbocycles. The van der Waals surface area contributed by atoms with Crippen LogP contribution < -0.4 is 0 Å². The van der Waals surface area contributed by atoms with Crippen molar-refractivity contribution in [1.82, 2.24) is 14.1 Å². The van der Waals surface area contributed by atoms with E-state index >= 15 is 0 Å². The van der Waals surface area contributed by atoms with Crippen LogP contribution >= 0.6 is 46.4 Å². The molecule has 0 aliphatic carbocycles. The molecule has 0 spiro atoms. The zero-order valence-corrected chi connectivity index (χ0v) is 24.6. The first kappa shape index (κ1) is 29.5. The number of rotatable bonds is 8. The Balaban J connectivity index is 1.82. The van der Waals surface area contributed by atoms with Crippen LogP contribution in [-0.2, 0) is 26.8 Å². The van der Waals surface area contributed by atoms with Crippen LogP contribution in [0.25, 0.3) is 0 Å². The number of carbonyl (C=O) groups is 1. The van der Waals surface area contributed by atoms with Crippen molar-refractivity contribution in [2.45, 2.75) is 38.3 Å². The summed E-state index contributed by atoms with van der Waals surface area (Å²) in [5.74, 6) is -0.0743. The summed E-state index contributed by atoms with van der Waals surface area (Å²) in [6.45, 7) is 6.41. The number of benzene rings is 2. The highest BCUT2D eigenvalue weighted by molar-refractivity contribution is 7.88. The molecule has 1 aliphatic rings. The number of hydrogen-bond acceptors (Lipinski definition) is 4. The van der Waals surface area contributed by atoms with Gasteiger partial charge in [0.05, 0.1) is 31.8 Å². The molecule has 198 valence electrons. The molecule has 1 aliphatic heterocycles. The van der Waals surface area contributed by atoms with Crippen LogP contribution in [0.1, 0.15) is 31.4 Å². The van der Waals surface area contributed by atoms with E-state index in [4.69, 9.17) is 46.4 Å². The highest BCUT2D eigenvalue weighted by atomic mass is 35.5. The molecular weight excluding hydrogens is 564 g/mol. The molecule has 0 aromatic heterocycles. The molecule has 0 saturated carbocycles. The molecule has 2 aromatic rings. The quantitative estimate of drug-likeness (QED) is 0.401. The predicted octanol–water partition coefficient (Wildman–Crippen LogP) is 5.57. The van der Waals surface area contributed by atoms with E-state index in [1.807, 2.05) is 26.0 Å². The molecule has 11 heteroatoms. The van der Waals surface area contributed by atoms with Gasteiger partial charge in [-0.2, -0.15) is 4.31 Å². The molecule has 1 amide bonds. The molecule has 0 N–H and O–H groups in total. The number of piperazine rings is 1. The summed E-state index contributed by atoms with van der Waals surface area (Å²) < 4.78 is 25.6. The summed E-state index contributed by atoms with van der Waals surface area (Å²) in [6, 6.07) is 10.5. The fourth-order valence-corrected chi connectivity index (χ4v) is 6.47. The Hall–Kier alpha value is -1.06. The van der Waals surface area contributed by atoms with Crippen molar-refractivity contribution in [3.63, 3.8) is 0 Å². The number of hydrogen-bond donors (Lipinski definition) is 0. The van der Waals surface area contributed by atoms with Crippen LogP contribution in [0.3, 0.4) is 0 Å². The van der Waals surface area contributed by atoms with Crippen LogP contribution in [0.5, 0.6) is 0 Å². The third-order valence-electron chi connectivity index (χ3n) is 6.78. The van der Waals surface area contributed by atoms with Gasteiger partial charge in [-0.3, -0.25) is 4.79 Å². The summed E-state index contributed by atoms with van der Waals surface area (Å²) in [5, 5.41) is 1.70. The van der Waals surface area contributed by atoms with Gasteiger partial charge in [0, 0.05) is 39.3 Å². The van der Waals surface area contributed by atoms with E-state index in [-0.39, 0.29) is 11.9 Å². The average molecular weight is 595 g/mol. The number of nitrogens with zero attached hydrogens (tertiary/aromatic N) is 3. The Morgan fingerprint density at radius 2 is 1.64 bits per heavy atom. The van der Waals surface area contributed by atoms with E-state index in [9.17, 15) is 13.2 Å². The number of likely N-dealkylation sites (N-methyl/N-ethyl adjacent to an activating group) is 1. The van der Waals surface area contributed by atoms with Gasteiger partial charge < -0.3 is 9.80 Å². The minimum Gasteiger partial charge on any atom is -0.341 e. The maximum Gasteiger partial charge on any atom is 0.233 e. The summed E-state index contributed by atoms with van der Waals surface area (Å²) >= 11 is 24.7. The zero-order chi connectivity index (χ0) is 26.8. The highest BCUT2D eigenvalue weighted by Gasteiger charge is 2.39. The maximum absolute atomic E-state index is 13.9. The highest BCUT2D eigenvalue weighted by Crippen LogP contribution is 2.35. The molecule has 6 nitrogen and oxygen atoms in total. The molecule has 1 unspecified atom stereocenters. The first-order valence-electron chi connectivity index (χ1n) is 11.6. The van der Waals surface area contributed by atoms with Crippen LogP contribution in [0.2, 0.25) is 20.1 Å². The third kappa shape index (κ3) is 6.87. The van der Waals surface area contributed by atoms with E-state index in [0.717, 1.165) is 11.1 Å². The first-order chi connectivity index (χ1) is 16.7. The van der Waals surface area contributed by atoms with Crippen molar-refractivity contribution < 1.29 is 13.2 Å². The number of sulfonamides is 1. The van der Waals surface area contributed by atoms with Crippen molar-refractivity contribution >= 4 is 62.3 Å². The number of amides is 1. The summed E-state index contributed by atoms with van der Waals surface area (Å²) in [5.41, 5.74) is 0.740. The van der Waals surface area contributed by atoms with Gasteiger partial charge in [0.1, 0.15) is 0 Å². The molecule has 2 atom stereocenters. The van der Waals surface area contributed by atoms with Gasteiger partial charge in [0.2, 0.25) is 15.9 Å². The molecule has 36 heavy (non-hydrogen) atoms. The predicted molar refractivity (Wildman–Crippen MR) is 149 cm³/mol. The van der Waals surface area contributed by atoms with Crippen molar-refractivity contribution in [3.8, 4) is 0 Å².